The first-order chi connectivity index (χ1) is 3.81. The molecule has 0 saturated carbocycles. The van der Waals surface area contributed by atoms with Crippen LogP contribution in [0.4, 0.5) is 0 Å². The van der Waals surface area contributed by atoms with E-state index in [1.807, 2.05) is 0 Å². The molecule has 1 atom stereocenters. The summed E-state index contributed by atoms with van der Waals surface area (Å²) in [6.45, 7) is 0.676. The Balaban J connectivity index is 3.02. The van der Waals surface area contributed by atoms with E-state index in [-0.39, 0.29) is 6.04 Å². The molecule has 8 heavy (non-hydrogen) atoms. The second-order valence-electron chi connectivity index (χ2n) is 1.70. The summed E-state index contributed by atoms with van der Waals surface area (Å²) >= 11 is 0. The van der Waals surface area contributed by atoms with Crippen LogP contribution in [-0.2, 0) is 0 Å². The molecule has 0 bridgehead atoms. The molecule has 0 amide bonds. The zero-order valence-electron chi connectivity index (χ0n) is 4.93. The summed E-state index contributed by atoms with van der Waals surface area (Å²) in [4.78, 5) is 0. The van der Waals surface area contributed by atoms with E-state index < -0.39 is 0 Å². The maximum atomic E-state index is 5.37. The van der Waals surface area contributed by atoms with Crippen LogP contribution in [0.2, 0.25) is 0 Å². The van der Waals surface area contributed by atoms with Crippen LogP contribution in [0, 0.1) is 12.3 Å². The molecule has 4 N–H and O–H groups in total. The average molecular weight is 112 g/mol. The zero-order chi connectivity index (χ0) is 6.41. The molecular formula is C6H12N2. The van der Waals surface area contributed by atoms with Gasteiger partial charge in [-0.25, -0.2) is 0 Å². The third-order valence-electron chi connectivity index (χ3n) is 0.933. The first-order valence-corrected chi connectivity index (χ1v) is 2.73. The first-order valence-electron chi connectivity index (χ1n) is 2.73. The van der Waals surface area contributed by atoms with Crippen LogP contribution < -0.4 is 11.5 Å². The molecular weight excluding hydrogens is 100 g/mol. The van der Waals surface area contributed by atoms with Crippen LogP contribution in [0.5, 0.6) is 0 Å². The summed E-state index contributed by atoms with van der Waals surface area (Å²) in [6.07, 6.45) is 6.76. The number of terminal acetylenes is 1. The highest BCUT2D eigenvalue weighted by molar-refractivity contribution is 4.96. The monoisotopic (exact) mass is 112 g/mol. The molecule has 0 heterocycles. The maximum absolute atomic E-state index is 5.37. The van der Waals surface area contributed by atoms with Crippen molar-refractivity contribution in [1.82, 2.24) is 0 Å². The molecule has 0 aliphatic carbocycles. The summed E-state index contributed by atoms with van der Waals surface area (Å²) in [7, 11) is 0. The number of rotatable bonds is 3. The van der Waals surface area contributed by atoms with E-state index in [9.17, 15) is 0 Å². The van der Waals surface area contributed by atoms with Gasteiger partial charge in [0.25, 0.3) is 0 Å². The van der Waals surface area contributed by atoms with Crippen molar-refractivity contribution >= 4 is 0 Å². The Bertz CT molecular complexity index is 83.0. The van der Waals surface area contributed by atoms with Crippen molar-refractivity contribution in [3.05, 3.63) is 0 Å². The normalized spacial score (nSPS) is 12.6. The van der Waals surface area contributed by atoms with Crippen LogP contribution in [0.1, 0.15) is 12.8 Å². The number of hydrogen-bond donors (Lipinski definition) is 2. The van der Waals surface area contributed by atoms with Gasteiger partial charge in [-0.2, -0.15) is 0 Å². The lowest BCUT2D eigenvalue weighted by Crippen LogP contribution is -2.18. The fourth-order valence-electron chi connectivity index (χ4n) is 0.421. The Morgan fingerprint density at radius 1 is 1.62 bits per heavy atom. The second kappa shape index (κ2) is 4.63. The Labute approximate surface area is 50.2 Å². The van der Waals surface area contributed by atoms with Crippen molar-refractivity contribution in [3.63, 3.8) is 0 Å². The topological polar surface area (TPSA) is 52.0 Å². The van der Waals surface area contributed by atoms with Gasteiger partial charge in [0.05, 0.1) is 6.04 Å². The molecule has 0 aromatic heterocycles. The molecule has 46 valence electrons. The highest BCUT2D eigenvalue weighted by Gasteiger charge is 1.92. The molecule has 1 unspecified atom stereocenters. The van der Waals surface area contributed by atoms with Crippen LogP contribution in [0.15, 0.2) is 0 Å². The van der Waals surface area contributed by atoms with Gasteiger partial charge in [-0.05, 0) is 19.4 Å². The molecule has 0 saturated heterocycles. The Morgan fingerprint density at radius 3 is 2.62 bits per heavy atom. The minimum Gasteiger partial charge on any atom is -0.330 e. The zero-order valence-corrected chi connectivity index (χ0v) is 4.93. The standard InChI is InChI=1S/C6H12N2/c1-2-6(8)4-3-5-7/h1,6H,3-5,7-8H2. The number of hydrogen-bond acceptors (Lipinski definition) is 2. The summed E-state index contributed by atoms with van der Waals surface area (Å²) < 4.78 is 0. The quantitative estimate of drug-likeness (QED) is 0.492. The minimum absolute atomic E-state index is 0.0986. The van der Waals surface area contributed by atoms with Crippen molar-refractivity contribution < 1.29 is 0 Å². The van der Waals surface area contributed by atoms with Crippen molar-refractivity contribution in [2.24, 2.45) is 11.5 Å². The van der Waals surface area contributed by atoms with E-state index in [1.165, 1.54) is 0 Å². The summed E-state index contributed by atoms with van der Waals surface area (Å²) in [6, 6.07) is -0.0986. The van der Waals surface area contributed by atoms with Gasteiger partial charge >= 0.3 is 0 Å². The van der Waals surface area contributed by atoms with Crippen molar-refractivity contribution in [2.75, 3.05) is 6.54 Å². The van der Waals surface area contributed by atoms with Gasteiger partial charge in [-0.15, -0.1) is 6.42 Å². The maximum Gasteiger partial charge on any atom is 0.0662 e. The lowest BCUT2D eigenvalue weighted by atomic mass is 10.2. The Kier molecular flexibility index (Phi) is 4.33. The lowest BCUT2D eigenvalue weighted by molar-refractivity contribution is 0.688. The van der Waals surface area contributed by atoms with E-state index >= 15 is 0 Å². The first kappa shape index (κ1) is 7.48. The van der Waals surface area contributed by atoms with Crippen LogP contribution in [0.25, 0.3) is 0 Å². The average Bonchev–Trinajstić information content (AvgIpc) is 1.83. The van der Waals surface area contributed by atoms with Gasteiger partial charge in [0, 0.05) is 0 Å². The predicted molar refractivity (Wildman–Crippen MR) is 35.1 cm³/mol. The highest BCUT2D eigenvalue weighted by Crippen LogP contribution is 1.88. The van der Waals surface area contributed by atoms with Gasteiger partial charge in [-0.1, -0.05) is 5.92 Å². The molecule has 0 aliphatic rings. The molecule has 2 heteroatoms. The van der Waals surface area contributed by atoms with E-state index in [0.29, 0.717) is 6.54 Å². The van der Waals surface area contributed by atoms with E-state index in [2.05, 4.69) is 5.92 Å². The molecule has 0 fully saturated rings. The second-order valence-corrected chi connectivity index (χ2v) is 1.70. The van der Waals surface area contributed by atoms with Crippen LogP contribution >= 0.6 is 0 Å². The molecule has 2 nitrogen and oxygen atoms in total. The smallest absolute Gasteiger partial charge is 0.0662 e. The molecule has 0 aromatic rings. The Hall–Kier alpha value is -0.520. The van der Waals surface area contributed by atoms with E-state index in [1.54, 1.807) is 0 Å². The van der Waals surface area contributed by atoms with Crippen molar-refractivity contribution in [3.8, 4) is 12.3 Å². The molecule has 0 aliphatic heterocycles. The van der Waals surface area contributed by atoms with Crippen molar-refractivity contribution in [2.45, 2.75) is 18.9 Å². The van der Waals surface area contributed by atoms with Gasteiger partial charge in [0.1, 0.15) is 0 Å². The minimum atomic E-state index is -0.0986. The SMILES string of the molecule is C#CC(N)CCCN. The van der Waals surface area contributed by atoms with E-state index in [0.717, 1.165) is 12.8 Å². The Morgan fingerprint density at radius 2 is 2.25 bits per heavy atom. The third-order valence-corrected chi connectivity index (χ3v) is 0.933. The molecule has 0 rings (SSSR count). The predicted octanol–water partition coefficient (Wildman–Crippen LogP) is -0.314. The lowest BCUT2D eigenvalue weighted by Gasteiger charge is -1.99. The molecule has 0 aromatic carbocycles. The number of nitrogens with two attached hydrogens (primary N) is 2. The third kappa shape index (κ3) is 3.66. The van der Waals surface area contributed by atoms with Gasteiger partial charge in [0.15, 0.2) is 0 Å². The summed E-state index contributed by atoms with van der Waals surface area (Å²) in [5, 5.41) is 0. The van der Waals surface area contributed by atoms with Gasteiger partial charge in [-0.3, -0.25) is 0 Å². The van der Waals surface area contributed by atoms with E-state index in [4.69, 9.17) is 17.9 Å². The van der Waals surface area contributed by atoms with Crippen molar-refractivity contribution in [1.29, 1.82) is 0 Å². The van der Waals surface area contributed by atoms with Gasteiger partial charge in [0.2, 0.25) is 0 Å². The molecule has 0 spiro atoms. The highest BCUT2D eigenvalue weighted by atomic mass is 14.6. The molecule has 0 radical (unpaired) electrons. The summed E-state index contributed by atoms with van der Waals surface area (Å²) in [5.74, 6) is 2.42. The van der Waals surface area contributed by atoms with Crippen LogP contribution in [-0.4, -0.2) is 12.6 Å². The largest absolute Gasteiger partial charge is 0.330 e. The fraction of sp³-hybridized carbons (Fsp3) is 0.667. The summed E-state index contributed by atoms with van der Waals surface area (Å²) in [5.41, 5.74) is 10.6. The van der Waals surface area contributed by atoms with Gasteiger partial charge < -0.3 is 11.5 Å². The fourth-order valence-corrected chi connectivity index (χ4v) is 0.421. The van der Waals surface area contributed by atoms with Crippen LogP contribution in [0.3, 0.4) is 0 Å².